The lowest BCUT2D eigenvalue weighted by atomic mass is 10.1. The smallest absolute Gasteiger partial charge is 0.131 e. The second-order valence-corrected chi connectivity index (χ2v) is 5.33. The molecular weight excluding hydrogens is 250 g/mol. The van der Waals surface area contributed by atoms with E-state index < -0.39 is 0 Å². The average Bonchev–Trinajstić information content (AvgIpc) is 2.79. The van der Waals surface area contributed by atoms with Gasteiger partial charge in [0.1, 0.15) is 23.1 Å². The number of nitrogens with two attached hydrogens (primary N) is 1. The van der Waals surface area contributed by atoms with E-state index in [0.717, 1.165) is 35.1 Å². The molecule has 4 nitrogen and oxygen atoms in total. The van der Waals surface area contributed by atoms with Gasteiger partial charge in [0.05, 0.1) is 6.61 Å². The molecular formula is C16H21N3O. The third kappa shape index (κ3) is 2.15. The Morgan fingerprint density at radius 3 is 2.75 bits per heavy atom. The van der Waals surface area contributed by atoms with Crippen LogP contribution in [0.4, 0.5) is 5.82 Å². The lowest BCUT2D eigenvalue weighted by molar-refractivity contribution is 0.340. The van der Waals surface area contributed by atoms with E-state index in [4.69, 9.17) is 15.5 Å². The van der Waals surface area contributed by atoms with Gasteiger partial charge in [-0.1, -0.05) is 0 Å². The second-order valence-electron chi connectivity index (χ2n) is 5.33. The number of nitrogens with zero attached hydrogens (tertiary/aromatic N) is 2. The number of rotatable bonds is 3. The van der Waals surface area contributed by atoms with Crippen LogP contribution in [0, 0.1) is 0 Å². The van der Waals surface area contributed by atoms with Gasteiger partial charge >= 0.3 is 0 Å². The van der Waals surface area contributed by atoms with Gasteiger partial charge in [0.2, 0.25) is 0 Å². The molecule has 1 atom stereocenters. The predicted octanol–water partition coefficient (Wildman–Crippen LogP) is 3.43. The first kappa shape index (κ1) is 13.0. The minimum absolute atomic E-state index is 0.447. The van der Waals surface area contributed by atoms with Gasteiger partial charge in [0.25, 0.3) is 0 Å². The molecule has 4 heteroatoms. The largest absolute Gasteiger partial charge is 0.494 e. The molecule has 2 N–H and O–H groups in total. The van der Waals surface area contributed by atoms with Crippen LogP contribution < -0.4 is 10.5 Å². The molecule has 2 aromatic rings. The first-order valence-electron chi connectivity index (χ1n) is 7.30. The summed E-state index contributed by atoms with van der Waals surface area (Å²) in [6.45, 7) is 4.87. The maximum atomic E-state index is 6.31. The van der Waals surface area contributed by atoms with Crippen molar-refractivity contribution in [2.75, 3.05) is 12.3 Å². The molecule has 2 heterocycles. The summed E-state index contributed by atoms with van der Waals surface area (Å²) in [5, 5.41) is 0. The molecule has 1 aliphatic rings. The maximum Gasteiger partial charge on any atom is 0.131 e. The summed E-state index contributed by atoms with van der Waals surface area (Å²) >= 11 is 0. The number of imidazole rings is 1. The number of hydrogen-bond donors (Lipinski definition) is 1. The first-order valence-corrected chi connectivity index (χ1v) is 7.30. The standard InChI is InChI=1S/C16H21N3O/c1-3-20-13-9-7-12(8-10-13)15-16(17)19-11(2)5-4-6-14(19)18-15/h7-11H,3-6,17H2,1-2H3. The summed E-state index contributed by atoms with van der Waals surface area (Å²) in [5.41, 5.74) is 8.27. The van der Waals surface area contributed by atoms with Crippen LogP contribution >= 0.6 is 0 Å². The van der Waals surface area contributed by atoms with Crippen molar-refractivity contribution < 1.29 is 4.74 Å². The number of nitrogen functional groups attached to an aromatic ring is 1. The highest BCUT2D eigenvalue weighted by molar-refractivity contribution is 5.71. The fraction of sp³-hybridized carbons (Fsp3) is 0.438. The van der Waals surface area contributed by atoms with Crippen LogP contribution in [-0.4, -0.2) is 16.2 Å². The minimum atomic E-state index is 0.447. The van der Waals surface area contributed by atoms with Crippen molar-refractivity contribution >= 4 is 5.82 Å². The van der Waals surface area contributed by atoms with Crippen LogP contribution in [0.15, 0.2) is 24.3 Å². The molecule has 0 aliphatic carbocycles. The zero-order chi connectivity index (χ0) is 14.1. The molecule has 20 heavy (non-hydrogen) atoms. The first-order chi connectivity index (χ1) is 9.70. The van der Waals surface area contributed by atoms with Gasteiger partial charge < -0.3 is 15.0 Å². The Hall–Kier alpha value is -1.97. The Kier molecular flexibility index (Phi) is 3.38. The van der Waals surface area contributed by atoms with E-state index in [1.807, 2.05) is 31.2 Å². The fourth-order valence-electron chi connectivity index (χ4n) is 2.93. The van der Waals surface area contributed by atoms with Crippen molar-refractivity contribution in [1.82, 2.24) is 9.55 Å². The molecule has 0 amide bonds. The quantitative estimate of drug-likeness (QED) is 0.930. The lowest BCUT2D eigenvalue weighted by Crippen LogP contribution is -2.16. The highest BCUT2D eigenvalue weighted by atomic mass is 16.5. The predicted molar refractivity (Wildman–Crippen MR) is 80.9 cm³/mol. The summed E-state index contributed by atoms with van der Waals surface area (Å²) in [6, 6.07) is 8.45. The molecule has 0 fully saturated rings. The van der Waals surface area contributed by atoms with E-state index in [1.54, 1.807) is 0 Å². The molecule has 0 radical (unpaired) electrons. The molecule has 1 aromatic heterocycles. The summed E-state index contributed by atoms with van der Waals surface area (Å²) in [5.74, 6) is 2.79. The Morgan fingerprint density at radius 2 is 2.10 bits per heavy atom. The lowest BCUT2D eigenvalue weighted by Gasteiger charge is -2.22. The fourth-order valence-corrected chi connectivity index (χ4v) is 2.93. The highest BCUT2D eigenvalue weighted by Crippen LogP contribution is 2.34. The molecule has 3 rings (SSSR count). The van der Waals surface area contributed by atoms with Crippen LogP contribution in [0.1, 0.15) is 38.6 Å². The summed E-state index contributed by atoms with van der Waals surface area (Å²) in [6.07, 6.45) is 3.39. The van der Waals surface area contributed by atoms with Gasteiger partial charge in [-0.2, -0.15) is 0 Å². The number of aromatic nitrogens is 2. The van der Waals surface area contributed by atoms with Gasteiger partial charge in [-0.3, -0.25) is 0 Å². The van der Waals surface area contributed by atoms with Crippen molar-refractivity contribution in [3.05, 3.63) is 30.1 Å². The molecule has 1 aromatic carbocycles. The number of fused-ring (bicyclic) bond motifs is 1. The molecule has 0 spiro atoms. The normalized spacial score (nSPS) is 17.8. The maximum absolute atomic E-state index is 6.31. The highest BCUT2D eigenvalue weighted by Gasteiger charge is 2.23. The van der Waals surface area contributed by atoms with Crippen molar-refractivity contribution in [2.45, 2.75) is 39.2 Å². The van der Waals surface area contributed by atoms with Crippen LogP contribution in [0.5, 0.6) is 5.75 Å². The molecule has 0 bridgehead atoms. The average molecular weight is 271 g/mol. The van der Waals surface area contributed by atoms with Crippen LogP contribution in [-0.2, 0) is 6.42 Å². The van der Waals surface area contributed by atoms with Crippen molar-refractivity contribution in [3.63, 3.8) is 0 Å². The van der Waals surface area contributed by atoms with E-state index in [1.165, 1.54) is 12.8 Å². The van der Waals surface area contributed by atoms with Crippen molar-refractivity contribution in [1.29, 1.82) is 0 Å². The number of benzene rings is 1. The van der Waals surface area contributed by atoms with Crippen molar-refractivity contribution in [2.24, 2.45) is 0 Å². The van der Waals surface area contributed by atoms with E-state index >= 15 is 0 Å². The summed E-state index contributed by atoms with van der Waals surface area (Å²) < 4.78 is 7.66. The van der Waals surface area contributed by atoms with Gasteiger partial charge in [0, 0.05) is 18.0 Å². The molecule has 1 aliphatic heterocycles. The SMILES string of the molecule is CCOc1ccc(-c2nc3n(c2N)C(C)CCC3)cc1. The Labute approximate surface area is 119 Å². The Bertz CT molecular complexity index is 601. The minimum Gasteiger partial charge on any atom is -0.494 e. The molecule has 0 saturated heterocycles. The Balaban J connectivity index is 1.98. The monoisotopic (exact) mass is 271 g/mol. The third-order valence-electron chi connectivity index (χ3n) is 3.92. The van der Waals surface area contributed by atoms with Crippen LogP contribution in [0.3, 0.4) is 0 Å². The van der Waals surface area contributed by atoms with E-state index in [0.29, 0.717) is 12.6 Å². The van der Waals surface area contributed by atoms with E-state index in [9.17, 15) is 0 Å². The number of aryl methyl sites for hydroxylation is 1. The third-order valence-corrected chi connectivity index (χ3v) is 3.92. The topological polar surface area (TPSA) is 53.1 Å². The van der Waals surface area contributed by atoms with Crippen molar-refractivity contribution in [3.8, 4) is 17.0 Å². The molecule has 1 unspecified atom stereocenters. The summed E-state index contributed by atoms with van der Waals surface area (Å²) in [7, 11) is 0. The number of ether oxygens (including phenoxy) is 1. The number of hydrogen-bond acceptors (Lipinski definition) is 3. The van der Waals surface area contributed by atoms with Gasteiger partial charge in [-0.05, 0) is 51.0 Å². The second kappa shape index (κ2) is 5.19. The molecule has 106 valence electrons. The Morgan fingerprint density at radius 1 is 1.35 bits per heavy atom. The van der Waals surface area contributed by atoms with Crippen LogP contribution in [0.25, 0.3) is 11.3 Å². The molecule has 0 saturated carbocycles. The zero-order valence-corrected chi connectivity index (χ0v) is 12.1. The van der Waals surface area contributed by atoms with E-state index in [2.05, 4.69) is 11.5 Å². The van der Waals surface area contributed by atoms with E-state index in [-0.39, 0.29) is 0 Å². The van der Waals surface area contributed by atoms with Crippen LogP contribution in [0.2, 0.25) is 0 Å². The van der Waals surface area contributed by atoms with Gasteiger partial charge in [0.15, 0.2) is 0 Å². The number of anilines is 1. The van der Waals surface area contributed by atoms with Gasteiger partial charge in [-0.25, -0.2) is 4.98 Å². The summed E-state index contributed by atoms with van der Waals surface area (Å²) in [4.78, 5) is 4.74. The zero-order valence-electron chi connectivity index (χ0n) is 12.1. The van der Waals surface area contributed by atoms with Gasteiger partial charge in [-0.15, -0.1) is 0 Å².